The van der Waals surface area contributed by atoms with E-state index in [2.05, 4.69) is 0 Å². The minimum Gasteiger partial charge on any atom is -0.388 e. The Hall–Kier alpha value is -1.62. The van der Waals surface area contributed by atoms with E-state index >= 15 is 0 Å². The molecule has 104 valence electrons. The molecule has 2 aromatic carbocycles. The Morgan fingerprint density at radius 1 is 1.10 bits per heavy atom. The molecule has 0 saturated heterocycles. The monoisotopic (exact) mass is 311 g/mol. The number of hydrogen-bond acceptors (Lipinski definition) is 3. The number of nitro benzene ring substituents is 1. The molecule has 0 amide bonds. The quantitative estimate of drug-likeness (QED) is 0.680. The van der Waals surface area contributed by atoms with Crippen LogP contribution in [0, 0.1) is 10.1 Å². The Kier molecular flexibility index (Phi) is 4.60. The molecular weight excluding hydrogens is 301 g/mol. The molecule has 0 aliphatic carbocycles. The van der Waals surface area contributed by atoms with E-state index in [1.807, 2.05) is 0 Å². The van der Waals surface area contributed by atoms with Gasteiger partial charge < -0.3 is 5.11 Å². The molecule has 0 aromatic heterocycles. The predicted octanol–water partition coefficient (Wildman–Crippen LogP) is 4.18. The van der Waals surface area contributed by atoms with Gasteiger partial charge in [-0.25, -0.2) is 0 Å². The molecule has 4 nitrogen and oxygen atoms in total. The third kappa shape index (κ3) is 3.70. The number of rotatable bonds is 4. The van der Waals surface area contributed by atoms with Crippen molar-refractivity contribution in [2.24, 2.45) is 0 Å². The van der Waals surface area contributed by atoms with Gasteiger partial charge in [0.2, 0.25) is 0 Å². The lowest BCUT2D eigenvalue weighted by Gasteiger charge is -2.12. The van der Waals surface area contributed by atoms with E-state index in [0.29, 0.717) is 22.0 Å². The topological polar surface area (TPSA) is 63.4 Å². The summed E-state index contributed by atoms with van der Waals surface area (Å²) in [7, 11) is 0. The number of nitro groups is 1. The first kappa shape index (κ1) is 14.8. The van der Waals surface area contributed by atoms with Crippen LogP contribution in [0.15, 0.2) is 42.5 Å². The van der Waals surface area contributed by atoms with Gasteiger partial charge in [-0.3, -0.25) is 10.1 Å². The van der Waals surface area contributed by atoms with Crippen LogP contribution in [0.25, 0.3) is 0 Å². The van der Waals surface area contributed by atoms with Crippen molar-refractivity contribution in [2.45, 2.75) is 12.5 Å². The van der Waals surface area contributed by atoms with Gasteiger partial charge >= 0.3 is 0 Å². The highest BCUT2D eigenvalue weighted by atomic mass is 35.5. The van der Waals surface area contributed by atoms with Gasteiger partial charge in [0, 0.05) is 28.6 Å². The zero-order chi connectivity index (χ0) is 14.7. The first-order valence-corrected chi connectivity index (χ1v) is 6.58. The fourth-order valence-electron chi connectivity index (χ4n) is 1.86. The number of aliphatic hydroxyl groups is 1. The number of halogens is 2. The summed E-state index contributed by atoms with van der Waals surface area (Å²) in [6.07, 6.45) is -0.443. The summed E-state index contributed by atoms with van der Waals surface area (Å²) >= 11 is 11.8. The van der Waals surface area contributed by atoms with Crippen molar-refractivity contribution < 1.29 is 10.0 Å². The highest BCUT2D eigenvalue weighted by Gasteiger charge is 2.12. The summed E-state index contributed by atoms with van der Waals surface area (Å²) in [5.74, 6) is 0. The van der Waals surface area contributed by atoms with Gasteiger partial charge in [0.05, 0.1) is 11.0 Å². The Labute approximate surface area is 125 Å². The average Bonchev–Trinajstić information content (AvgIpc) is 2.38. The number of nitrogens with zero attached hydrogens (tertiary/aromatic N) is 1. The van der Waals surface area contributed by atoms with Crippen LogP contribution >= 0.6 is 23.2 Å². The normalized spacial score (nSPS) is 12.2. The zero-order valence-electron chi connectivity index (χ0n) is 10.3. The second-order valence-electron chi connectivity index (χ2n) is 4.35. The molecule has 0 bridgehead atoms. The standard InChI is InChI=1S/C14H11Cl2NO3/c15-11-6-10(7-12(16)8-11)14(18)5-9-1-3-13(4-2-9)17(19)20/h1-4,6-8,14,18H,5H2. The molecule has 0 saturated carbocycles. The molecule has 0 fully saturated rings. The molecule has 0 aliphatic heterocycles. The lowest BCUT2D eigenvalue weighted by Crippen LogP contribution is -2.02. The van der Waals surface area contributed by atoms with Gasteiger partial charge in [-0.1, -0.05) is 35.3 Å². The van der Waals surface area contributed by atoms with Crippen molar-refractivity contribution in [1.29, 1.82) is 0 Å². The van der Waals surface area contributed by atoms with Gasteiger partial charge in [0.1, 0.15) is 0 Å². The van der Waals surface area contributed by atoms with Gasteiger partial charge in [-0.05, 0) is 29.3 Å². The number of hydrogen-bond donors (Lipinski definition) is 1. The molecule has 6 heteroatoms. The zero-order valence-corrected chi connectivity index (χ0v) is 11.8. The van der Waals surface area contributed by atoms with Crippen molar-refractivity contribution in [3.63, 3.8) is 0 Å². The molecule has 1 atom stereocenters. The van der Waals surface area contributed by atoms with Crippen LogP contribution in [0.2, 0.25) is 10.0 Å². The minimum absolute atomic E-state index is 0.0223. The lowest BCUT2D eigenvalue weighted by atomic mass is 10.0. The molecular formula is C14H11Cl2NO3. The predicted molar refractivity (Wildman–Crippen MR) is 78.2 cm³/mol. The van der Waals surface area contributed by atoms with Gasteiger partial charge in [-0.15, -0.1) is 0 Å². The summed E-state index contributed by atoms with van der Waals surface area (Å²) in [5.41, 5.74) is 1.43. The Morgan fingerprint density at radius 2 is 1.65 bits per heavy atom. The van der Waals surface area contributed by atoms with Crippen LogP contribution in [0.4, 0.5) is 5.69 Å². The maximum Gasteiger partial charge on any atom is 0.269 e. The fourth-order valence-corrected chi connectivity index (χ4v) is 2.41. The second-order valence-corrected chi connectivity index (χ2v) is 5.22. The number of aliphatic hydroxyl groups excluding tert-OH is 1. The molecule has 20 heavy (non-hydrogen) atoms. The fraction of sp³-hybridized carbons (Fsp3) is 0.143. The van der Waals surface area contributed by atoms with Crippen molar-refractivity contribution in [2.75, 3.05) is 0 Å². The van der Waals surface area contributed by atoms with Gasteiger partial charge in [0.25, 0.3) is 5.69 Å². The molecule has 0 radical (unpaired) electrons. The molecule has 2 aromatic rings. The molecule has 0 spiro atoms. The van der Waals surface area contributed by atoms with E-state index in [4.69, 9.17) is 23.2 Å². The minimum atomic E-state index is -0.771. The third-order valence-corrected chi connectivity index (χ3v) is 3.28. The Bertz CT molecular complexity index is 609. The van der Waals surface area contributed by atoms with E-state index in [1.54, 1.807) is 30.3 Å². The number of non-ortho nitro benzene ring substituents is 1. The highest BCUT2D eigenvalue weighted by molar-refractivity contribution is 6.34. The van der Waals surface area contributed by atoms with E-state index in [-0.39, 0.29) is 5.69 Å². The number of benzene rings is 2. The van der Waals surface area contributed by atoms with Gasteiger partial charge in [0.15, 0.2) is 0 Å². The van der Waals surface area contributed by atoms with Crippen LogP contribution in [-0.4, -0.2) is 10.0 Å². The largest absolute Gasteiger partial charge is 0.388 e. The maximum atomic E-state index is 10.6. The van der Waals surface area contributed by atoms with Crippen molar-refractivity contribution >= 4 is 28.9 Å². The summed E-state index contributed by atoms with van der Waals surface area (Å²) < 4.78 is 0. The van der Waals surface area contributed by atoms with Crippen LogP contribution < -0.4 is 0 Å². The Morgan fingerprint density at radius 3 is 2.15 bits per heavy atom. The van der Waals surface area contributed by atoms with Crippen LogP contribution in [0.5, 0.6) is 0 Å². The second kappa shape index (κ2) is 6.22. The molecule has 1 unspecified atom stereocenters. The van der Waals surface area contributed by atoms with Crippen LogP contribution in [0.1, 0.15) is 17.2 Å². The summed E-state index contributed by atoms with van der Waals surface area (Å²) in [5, 5.41) is 21.6. The molecule has 0 aliphatic rings. The van der Waals surface area contributed by atoms with E-state index in [0.717, 1.165) is 5.56 Å². The van der Waals surface area contributed by atoms with E-state index < -0.39 is 11.0 Å². The first-order valence-electron chi connectivity index (χ1n) is 5.83. The van der Waals surface area contributed by atoms with Crippen molar-refractivity contribution in [1.82, 2.24) is 0 Å². The smallest absolute Gasteiger partial charge is 0.269 e. The average molecular weight is 312 g/mol. The molecule has 2 rings (SSSR count). The van der Waals surface area contributed by atoms with Crippen molar-refractivity contribution in [3.05, 3.63) is 73.8 Å². The molecule has 1 N–H and O–H groups in total. The third-order valence-electron chi connectivity index (χ3n) is 2.85. The SMILES string of the molecule is O=[N+]([O-])c1ccc(CC(O)c2cc(Cl)cc(Cl)c2)cc1. The van der Waals surface area contributed by atoms with Gasteiger partial charge in [-0.2, -0.15) is 0 Å². The van der Waals surface area contributed by atoms with E-state index in [1.165, 1.54) is 12.1 Å². The van der Waals surface area contributed by atoms with E-state index in [9.17, 15) is 15.2 Å². The lowest BCUT2D eigenvalue weighted by molar-refractivity contribution is -0.384. The summed E-state index contributed by atoms with van der Waals surface area (Å²) in [4.78, 5) is 10.1. The summed E-state index contributed by atoms with van der Waals surface area (Å²) in [6.45, 7) is 0. The molecule has 0 heterocycles. The first-order chi connectivity index (χ1) is 9.45. The van der Waals surface area contributed by atoms with Crippen LogP contribution in [-0.2, 0) is 6.42 Å². The maximum absolute atomic E-state index is 10.6. The highest BCUT2D eigenvalue weighted by Crippen LogP contribution is 2.26. The van der Waals surface area contributed by atoms with Crippen molar-refractivity contribution in [3.8, 4) is 0 Å². The Balaban J connectivity index is 2.14. The summed E-state index contributed by atoms with van der Waals surface area (Å²) in [6, 6.07) is 10.9. The van der Waals surface area contributed by atoms with Crippen LogP contribution in [0.3, 0.4) is 0 Å².